The van der Waals surface area contributed by atoms with E-state index < -0.39 is 5.66 Å². The van der Waals surface area contributed by atoms with Crippen LogP contribution in [-0.4, -0.2) is 28.3 Å². The molecule has 1 unspecified atom stereocenters. The van der Waals surface area contributed by atoms with E-state index in [0.717, 1.165) is 28.5 Å². The van der Waals surface area contributed by atoms with E-state index in [1.807, 2.05) is 56.3 Å². The van der Waals surface area contributed by atoms with Crippen molar-refractivity contribution >= 4 is 22.9 Å². The Labute approximate surface area is 146 Å². The van der Waals surface area contributed by atoms with Gasteiger partial charge in [0.25, 0.3) is 5.24 Å². The standard InChI is InChI=1S/C19H20N2O2S/c1-3-20-19(2,21-17(22)13-24-18(21)23)16-11-9-15(10-12-16)14-7-5-4-6-8-14/h4-12,20H,3,13H2,1-2H3. The minimum atomic E-state index is -0.832. The summed E-state index contributed by atoms with van der Waals surface area (Å²) in [7, 11) is 0. The molecule has 4 nitrogen and oxygen atoms in total. The second kappa shape index (κ2) is 6.79. The third-order valence-electron chi connectivity index (χ3n) is 4.27. The molecule has 0 aliphatic carbocycles. The Morgan fingerprint density at radius 1 is 1.04 bits per heavy atom. The Kier molecular flexibility index (Phi) is 4.73. The van der Waals surface area contributed by atoms with E-state index in [0.29, 0.717) is 6.54 Å². The lowest BCUT2D eigenvalue weighted by atomic mass is 9.96. The van der Waals surface area contributed by atoms with Crippen molar-refractivity contribution in [2.24, 2.45) is 0 Å². The van der Waals surface area contributed by atoms with Crippen LogP contribution in [0.15, 0.2) is 54.6 Å². The molecule has 2 amide bonds. The first-order chi connectivity index (χ1) is 11.6. The Balaban J connectivity index is 1.97. The highest BCUT2D eigenvalue weighted by Crippen LogP contribution is 2.34. The Bertz CT molecular complexity index is 730. The minimum Gasteiger partial charge on any atom is -0.291 e. The lowest BCUT2D eigenvalue weighted by Crippen LogP contribution is -2.56. The fourth-order valence-electron chi connectivity index (χ4n) is 3.06. The lowest BCUT2D eigenvalue weighted by Gasteiger charge is -2.38. The molecule has 1 fully saturated rings. The number of hydrogen-bond acceptors (Lipinski definition) is 4. The molecule has 124 valence electrons. The van der Waals surface area contributed by atoms with Crippen LogP contribution in [0.1, 0.15) is 19.4 Å². The summed E-state index contributed by atoms with van der Waals surface area (Å²) in [4.78, 5) is 25.8. The number of benzene rings is 2. The van der Waals surface area contributed by atoms with Gasteiger partial charge in [-0.3, -0.25) is 14.9 Å². The van der Waals surface area contributed by atoms with Gasteiger partial charge >= 0.3 is 0 Å². The Morgan fingerprint density at radius 2 is 1.67 bits per heavy atom. The van der Waals surface area contributed by atoms with Crippen molar-refractivity contribution in [1.82, 2.24) is 10.2 Å². The van der Waals surface area contributed by atoms with Gasteiger partial charge in [0.2, 0.25) is 5.91 Å². The molecule has 1 aliphatic rings. The molecule has 1 heterocycles. The van der Waals surface area contributed by atoms with Gasteiger partial charge < -0.3 is 0 Å². The first-order valence-electron chi connectivity index (χ1n) is 7.97. The second-order valence-electron chi connectivity index (χ2n) is 5.83. The van der Waals surface area contributed by atoms with Crippen molar-refractivity contribution in [3.05, 3.63) is 60.2 Å². The fourth-order valence-corrected chi connectivity index (χ4v) is 3.85. The maximum Gasteiger partial charge on any atom is 0.290 e. The van der Waals surface area contributed by atoms with Crippen molar-refractivity contribution in [3.63, 3.8) is 0 Å². The Hall–Kier alpha value is -2.11. The number of carbonyl (C=O) groups is 2. The van der Waals surface area contributed by atoms with E-state index in [9.17, 15) is 9.59 Å². The SMILES string of the molecule is CCNC(C)(c1ccc(-c2ccccc2)cc1)N1C(=O)CSC1=O. The molecule has 0 aromatic heterocycles. The molecule has 0 spiro atoms. The highest BCUT2D eigenvalue weighted by molar-refractivity contribution is 8.14. The summed E-state index contributed by atoms with van der Waals surface area (Å²) in [5.41, 5.74) is 2.31. The molecule has 3 rings (SSSR count). The zero-order valence-electron chi connectivity index (χ0n) is 13.8. The van der Waals surface area contributed by atoms with Crippen LogP contribution in [-0.2, 0) is 10.5 Å². The predicted octanol–water partition coefficient (Wildman–Crippen LogP) is 3.83. The molecule has 1 atom stereocenters. The molecule has 24 heavy (non-hydrogen) atoms. The molecular formula is C19H20N2O2S. The number of amides is 2. The summed E-state index contributed by atoms with van der Waals surface area (Å²) in [5.74, 6) is 0.0580. The van der Waals surface area contributed by atoms with Gasteiger partial charge in [0.15, 0.2) is 0 Å². The number of thioether (sulfide) groups is 1. The topological polar surface area (TPSA) is 49.4 Å². The van der Waals surface area contributed by atoms with Gasteiger partial charge in [0.1, 0.15) is 5.66 Å². The summed E-state index contributed by atoms with van der Waals surface area (Å²) in [6.45, 7) is 4.50. The van der Waals surface area contributed by atoms with Crippen molar-refractivity contribution in [3.8, 4) is 11.1 Å². The molecular weight excluding hydrogens is 320 g/mol. The van der Waals surface area contributed by atoms with E-state index >= 15 is 0 Å². The van der Waals surface area contributed by atoms with Gasteiger partial charge in [0, 0.05) is 0 Å². The maximum absolute atomic E-state index is 12.2. The normalized spacial score (nSPS) is 17.2. The van der Waals surface area contributed by atoms with Gasteiger partial charge in [-0.25, -0.2) is 4.90 Å². The maximum atomic E-state index is 12.2. The van der Waals surface area contributed by atoms with Crippen LogP contribution >= 0.6 is 11.8 Å². The smallest absolute Gasteiger partial charge is 0.290 e. The van der Waals surface area contributed by atoms with E-state index in [-0.39, 0.29) is 16.9 Å². The first-order valence-corrected chi connectivity index (χ1v) is 8.95. The summed E-state index contributed by atoms with van der Waals surface area (Å²) >= 11 is 1.06. The van der Waals surface area contributed by atoms with Crippen molar-refractivity contribution in [2.45, 2.75) is 19.5 Å². The van der Waals surface area contributed by atoms with Gasteiger partial charge in [-0.1, -0.05) is 73.3 Å². The average Bonchev–Trinajstić information content (AvgIpc) is 2.95. The average molecular weight is 340 g/mol. The summed E-state index contributed by atoms with van der Waals surface area (Å²) in [6, 6.07) is 18.1. The number of nitrogens with one attached hydrogen (secondary N) is 1. The van der Waals surface area contributed by atoms with Crippen molar-refractivity contribution in [2.75, 3.05) is 12.3 Å². The van der Waals surface area contributed by atoms with Crippen LogP contribution in [0.5, 0.6) is 0 Å². The quantitative estimate of drug-likeness (QED) is 0.899. The summed E-state index contributed by atoms with van der Waals surface area (Å²) in [5, 5.41) is 3.11. The number of imide groups is 1. The van der Waals surface area contributed by atoms with Crippen LogP contribution in [0, 0.1) is 0 Å². The minimum absolute atomic E-state index is 0.152. The molecule has 1 N–H and O–H groups in total. The first kappa shape index (κ1) is 16.7. The predicted molar refractivity (Wildman–Crippen MR) is 97.6 cm³/mol. The molecule has 5 heteroatoms. The van der Waals surface area contributed by atoms with Crippen LogP contribution in [0.25, 0.3) is 11.1 Å². The monoisotopic (exact) mass is 340 g/mol. The zero-order valence-corrected chi connectivity index (χ0v) is 14.6. The molecule has 2 aromatic carbocycles. The van der Waals surface area contributed by atoms with Gasteiger partial charge in [-0.2, -0.15) is 0 Å². The zero-order chi connectivity index (χ0) is 17.2. The van der Waals surface area contributed by atoms with Gasteiger partial charge in [-0.05, 0) is 30.2 Å². The van der Waals surface area contributed by atoms with Crippen LogP contribution < -0.4 is 5.32 Å². The highest BCUT2D eigenvalue weighted by Gasteiger charge is 2.44. The number of hydrogen-bond donors (Lipinski definition) is 1. The molecule has 0 radical (unpaired) electrons. The van der Waals surface area contributed by atoms with Crippen molar-refractivity contribution in [1.29, 1.82) is 0 Å². The van der Waals surface area contributed by atoms with Crippen molar-refractivity contribution < 1.29 is 9.59 Å². The van der Waals surface area contributed by atoms with Gasteiger partial charge in [-0.15, -0.1) is 0 Å². The van der Waals surface area contributed by atoms with Crippen LogP contribution in [0.3, 0.4) is 0 Å². The largest absolute Gasteiger partial charge is 0.291 e. The van der Waals surface area contributed by atoms with E-state index in [1.54, 1.807) is 0 Å². The molecule has 0 saturated carbocycles. The van der Waals surface area contributed by atoms with E-state index in [4.69, 9.17) is 0 Å². The molecule has 0 bridgehead atoms. The van der Waals surface area contributed by atoms with Crippen LogP contribution in [0.4, 0.5) is 4.79 Å². The van der Waals surface area contributed by atoms with Gasteiger partial charge in [0.05, 0.1) is 5.75 Å². The molecule has 1 aliphatic heterocycles. The summed E-state index contributed by atoms with van der Waals surface area (Å²) < 4.78 is 0. The molecule has 1 saturated heterocycles. The number of nitrogens with zero attached hydrogens (tertiary/aromatic N) is 1. The molecule has 2 aromatic rings. The number of rotatable bonds is 5. The fraction of sp³-hybridized carbons (Fsp3) is 0.263. The highest BCUT2D eigenvalue weighted by atomic mass is 32.2. The lowest BCUT2D eigenvalue weighted by molar-refractivity contribution is -0.130. The Morgan fingerprint density at radius 3 is 2.21 bits per heavy atom. The van der Waals surface area contributed by atoms with E-state index in [1.165, 1.54) is 4.90 Å². The third-order valence-corrected chi connectivity index (χ3v) is 5.09. The third kappa shape index (κ3) is 2.97. The number of carbonyl (C=O) groups excluding carboxylic acids is 2. The summed E-state index contributed by atoms with van der Waals surface area (Å²) in [6.07, 6.45) is 0. The van der Waals surface area contributed by atoms with Crippen LogP contribution in [0.2, 0.25) is 0 Å². The van der Waals surface area contributed by atoms with E-state index in [2.05, 4.69) is 17.4 Å². The second-order valence-corrected chi connectivity index (χ2v) is 6.76.